The minimum absolute atomic E-state index is 0.0947. The molecule has 0 radical (unpaired) electrons. The molecular weight excluding hydrogens is 557 g/mol. The van der Waals surface area contributed by atoms with E-state index in [4.69, 9.17) is 29.4 Å². The molecule has 20 heteroatoms. The molecule has 2 aliphatic heterocycles. The highest BCUT2D eigenvalue weighted by Crippen LogP contribution is 2.51. The van der Waals surface area contributed by atoms with E-state index in [9.17, 15) is 39.6 Å². The van der Waals surface area contributed by atoms with Crippen molar-refractivity contribution in [3.05, 3.63) is 27.7 Å². The number of nitrogen functional groups attached to an aromatic ring is 1. The van der Waals surface area contributed by atoms with E-state index in [1.54, 1.807) is 0 Å². The quantitative estimate of drug-likeness (QED) is 0.0697. The van der Waals surface area contributed by atoms with Crippen LogP contribution in [0.25, 0.3) is 0 Å². The molecule has 0 bridgehead atoms. The SMILES string of the molecule is CC1(OP(=O)(O)OCC2OC(n3ccc(N)nc3=O)C(O)C2N=O)CC(O)C(NS)C(C(O)C(O)CO)O1. The van der Waals surface area contributed by atoms with Crippen molar-refractivity contribution in [1.29, 1.82) is 0 Å². The Bertz CT molecular complexity index is 1090. The topological polar surface area (TPSA) is 278 Å². The van der Waals surface area contributed by atoms with Gasteiger partial charge in [-0.05, 0) is 13.0 Å². The van der Waals surface area contributed by atoms with Gasteiger partial charge in [-0.25, -0.2) is 9.36 Å². The Kier molecular flexibility index (Phi) is 10.0. The van der Waals surface area contributed by atoms with Crippen LogP contribution < -0.4 is 16.1 Å². The van der Waals surface area contributed by atoms with Crippen LogP contribution in [-0.4, -0.2) is 108 Å². The summed E-state index contributed by atoms with van der Waals surface area (Å²) in [6.07, 6.45) is -10.0. The van der Waals surface area contributed by atoms with Crippen LogP contribution in [0.2, 0.25) is 0 Å². The molecule has 9 N–H and O–H groups in total. The molecule has 0 amide bonds. The monoisotopic (exact) mass is 587 g/mol. The van der Waals surface area contributed by atoms with Crippen LogP contribution in [0.3, 0.4) is 0 Å². The minimum Gasteiger partial charge on any atom is -0.394 e. The normalized spacial score (nSPS) is 36.9. The lowest BCUT2D eigenvalue weighted by Gasteiger charge is -2.46. The Morgan fingerprint density at radius 3 is 2.71 bits per heavy atom. The molecule has 2 saturated heterocycles. The molecule has 38 heavy (non-hydrogen) atoms. The molecule has 3 heterocycles. The number of nitrogens with two attached hydrogens (primary N) is 1. The van der Waals surface area contributed by atoms with Crippen LogP contribution in [0.5, 0.6) is 0 Å². The lowest BCUT2D eigenvalue weighted by Crippen LogP contribution is -2.63. The summed E-state index contributed by atoms with van der Waals surface area (Å²) in [7, 11) is -5.06. The van der Waals surface area contributed by atoms with Gasteiger partial charge >= 0.3 is 13.5 Å². The van der Waals surface area contributed by atoms with Crippen LogP contribution in [0.15, 0.2) is 22.2 Å². The number of nitrogens with zero attached hydrogens (tertiary/aromatic N) is 3. The van der Waals surface area contributed by atoms with E-state index in [1.807, 2.05) is 0 Å². The number of phosphoric ester groups is 1. The average molecular weight is 588 g/mol. The van der Waals surface area contributed by atoms with Crippen LogP contribution in [0.4, 0.5) is 5.82 Å². The first-order chi connectivity index (χ1) is 17.8. The number of aromatic nitrogens is 2. The number of thiol groups is 1. The van der Waals surface area contributed by atoms with Gasteiger partial charge in [0, 0.05) is 12.6 Å². The molecule has 0 saturated carbocycles. The first kappa shape index (κ1) is 31.0. The second-order valence-electron chi connectivity index (χ2n) is 8.93. The summed E-state index contributed by atoms with van der Waals surface area (Å²) in [5.74, 6) is -2.15. The summed E-state index contributed by atoms with van der Waals surface area (Å²) < 4.78 is 37.1. The third kappa shape index (κ3) is 6.76. The van der Waals surface area contributed by atoms with Gasteiger partial charge < -0.3 is 45.6 Å². The van der Waals surface area contributed by atoms with Crippen molar-refractivity contribution in [2.24, 2.45) is 5.18 Å². The summed E-state index contributed by atoms with van der Waals surface area (Å²) in [4.78, 5) is 37.3. The number of phosphoric acid groups is 1. The standard InChI is InChI=1S/C18H30N5O13PS/c1-18(4-7(25)11(22-38)15(35-18)13(27)8(26)5-24)36-37(31,32)33-6-9-12(21-30)14(28)16(34-9)23-3-2-10(19)20-17(23)29/h2-3,7-9,11-16,22,24-28,38H,4-6H2,1H3,(H,31,32)(H2,19,20,29). The van der Waals surface area contributed by atoms with Gasteiger partial charge in [-0.1, -0.05) is 18.0 Å². The number of aliphatic hydroxyl groups is 5. The van der Waals surface area contributed by atoms with Gasteiger partial charge in [-0.2, -0.15) is 9.89 Å². The molecule has 11 atom stereocenters. The molecular formula is C18H30N5O13PS. The third-order valence-corrected chi connectivity index (χ3v) is 7.49. The van der Waals surface area contributed by atoms with Crippen molar-refractivity contribution in [2.45, 2.75) is 74.1 Å². The zero-order chi connectivity index (χ0) is 28.4. The Hall–Kier alpha value is -1.58. The number of nitroso groups, excluding NO2 is 1. The lowest BCUT2D eigenvalue weighted by molar-refractivity contribution is -0.284. The van der Waals surface area contributed by atoms with E-state index in [2.05, 4.69) is 27.7 Å². The van der Waals surface area contributed by atoms with Crippen molar-refractivity contribution in [3.8, 4) is 0 Å². The molecule has 1 aromatic heterocycles. The van der Waals surface area contributed by atoms with Crippen molar-refractivity contribution < 1.29 is 53.5 Å². The van der Waals surface area contributed by atoms with Gasteiger partial charge in [0.15, 0.2) is 18.1 Å². The molecule has 0 spiro atoms. The fourth-order valence-electron chi connectivity index (χ4n) is 4.25. The zero-order valence-corrected chi connectivity index (χ0v) is 21.6. The summed E-state index contributed by atoms with van der Waals surface area (Å²) in [5, 5.41) is 52.9. The summed E-state index contributed by atoms with van der Waals surface area (Å²) in [6.45, 7) is -0.512. The second kappa shape index (κ2) is 12.3. The van der Waals surface area contributed by atoms with E-state index >= 15 is 0 Å². The van der Waals surface area contributed by atoms with E-state index in [0.29, 0.717) is 0 Å². The Morgan fingerprint density at radius 1 is 1.45 bits per heavy atom. The maximum absolute atomic E-state index is 12.7. The van der Waals surface area contributed by atoms with E-state index in [-0.39, 0.29) is 5.82 Å². The predicted octanol–water partition coefficient (Wildman–Crippen LogP) is -3.26. The zero-order valence-electron chi connectivity index (χ0n) is 19.8. The highest BCUT2D eigenvalue weighted by atomic mass is 32.1. The first-order valence-corrected chi connectivity index (χ1v) is 13.1. The Balaban J connectivity index is 1.71. The minimum atomic E-state index is -5.06. The fourth-order valence-corrected chi connectivity index (χ4v) is 5.56. The largest absolute Gasteiger partial charge is 0.474 e. The first-order valence-electron chi connectivity index (χ1n) is 11.2. The van der Waals surface area contributed by atoms with Gasteiger partial charge in [0.1, 0.15) is 36.3 Å². The maximum Gasteiger partial charge on any atom is 0.474 e. The number of anilines is 1. The molecule has 11 unspecified atom stereocenters. The Morgan fingerprint density at radius 2 is 2.13 bits per heavy atom. The van der Waals surface area contributed by atoms with Crippen LogP contribution >= 0.6 is 20.6 Å². The highest BCUT2D eigenvalue weighted by Gasteiger charge is 2.52. The molecule has 18 nitrogen and oxygen atoms in total. The van der Waals surface area contributed by atoms with Crippen LogP contribution in [-0.2, 0) is 23.1 Å². The highest BCUT2D eigenvalue weighted by molar-refractivity contribution is 7.78. The third-order valence-electron chi connectivity index (χ3n) is 6.10. The molecule has 3 rings (SSSR count). The molecule has 2 aliphatic rings. The van der Waals surface area contributed by atoms with E-state index in [1.165, 1.54) is 12.3 Å². The number of ether oxygens (including phenoxy) is 2. The molecule has 1 aromatic rings. The smallest absolute Gasteiger partial charge is 0.394 e. The van der Waals surface area contributed by atoms with Crippen LogP contribution in [0.1, 0.15) is 19.6 Å². The predicted molar refractivity (Wildman–Crippen MR) is 128 cm³/mol. The van der Waals surface area contributed by atoms with E-state index in [0.717, 1.165) is 11.5 Å². The number of nitrogens with one attached hydrogen (secondary N) is 1. The van der Waals surface area contributed by atoms with E-state index < -0.39 is 93.9 Å². The van der Waals surface area contributed by atoms with Crippen molar-refractivity contribution in [3.63, 3.8) is 0 Å². The van der Waals surface area contributed by atoms with Gasteiger partial charge in [0.05, 0.1) is 25.4 Å². The summed E-state index contributed by atoms with van der Waals surface area (Å²) in [5.41, 5.74) is 4.54. The molecule has 0 aliphatic carbocycles. The number of rotatable bonds is 11. The molecule has 0 aromatic carbocycles. The average Bonchev–Trinajstić information content (AvgIpc) is 3.15. The summed E-state index contributed by atoms with van der Waals surface area (Å²) in [6, 6.07) is -1.35. The van der Waals surface area contributed by atoms with Crippen LogP contribution in [0, 0.1) is 4.91 Å². The number of hydrogen-bond acceptors (Lipinski definition) is 17. The lowest BCUT2D eigenvalue weighted by atomic mass is 9.90. The van der Waals surface area contributed by atoms with Gasteiger partial charge in [-0.15, -0.1) is 0 Å². The van der Waals surface area contributed by atoms with Crippen molar-refractivity contribution in [2.75, 3.05) is 18.9 Å². The summed E-state index contributed by atoms with van der Waals surface area (Å²) >= 11 is 3.86. The molecule has 216 valence electrons. The van der Waals surface area contributed by atoms with Gasteiger partial charge in [0.2, 0.25) is 0 Å². The van der Waals surface area contributed by atoms with Crippen molar-refractivity contribution >= 4 is 26.5 Å². The second-order valence-corrected chi connectivity index (χ2v) is 10.6. The molecule has 2 fully saturated rings. The van der Waals surface area contributed by atoms with Crippen molar-refractivity contribution in [1.82, 2.24) is 14.3 Å². The fraction of sp³-hybridized carbons (Fsp3) is 0.778. The Labute approximate surface area is 220 Å². The number of hydrogen-bond donors (Lipinski definition) is 9. The van der Waals surface area contributed by atoms with Gasteiger partial charge in [0.25, 0.3) is 0 Å². The number of aliphatic hydroxyl groups excluding tert-OH is 5. The van der Waals surface area contributed by atoms with Gasteiger partial charge in [-0.3, -0.25) is 18.3 Å². The maximum atomic E-state index is 12.7.